The Morgan fingerprint density at radius 3 is 2.17 bits per heavy atom. The van der Waals surface area contributed by atoms with E-state index in [0.29, 0.717) is 6.54 Å². The number of amides is 1. The molecule has 2 aromatic rings. The van der Waals surface area contributed by atoms with Gasteiger partial charge in [0.15, 0.2) is 0 Å². The Balaban J connectivity index is 2.04. The van der Waals surface area contributed by atoms with Crippen LogP contribution >= 0.6 is 0 Å². The van der Waals surface area contributed by atoms with Crippen molar-refractivity contribution in [1.29, 1.82) is 0 Å². The van der Waals surface area contributed by atoms with Crippen molar-refractivity contribution in [2.24, 2.45) is 0 Å². The molecule has 3 nitrogen and oxygen atoms in total. The molecule has 2 N–H and O–H groups in total. The number of likely N-dealkylation sites (N-methyl/N-ethyl adjacent to an activating group) is 1. The monoisotopic (exact) mass is 240 g/mol. The summed E-state index contributed by atoms with van der Waals surface area (Å²) >= 11 is 0. The van der Waals surface area contributed by atoms with Crippen LogP contribution in [0.5, 0.6) is 0 Å². The van der Waals surface area contributed by atoms with Gasteiger partial charge in [0.25, 0.3) is 0 Å². The van der Waals surface area contributed by atoms with Crippen molar-refractivity contribution in [2.75, 3.05) is 18.9 Å². The van der Waals surface area contributed by atoms with Gasteiger partial charge in [-0.1, -0.05) is 42.5 Å². The fourth-order valence-electron chi connectivity index (χ4n) is 1.68. The summed E-state index contributed by atoms with van der Waals surface area (Å²) in [6.07, 6.45) is 0. The second-order valence-electron chi connectivity index (χ2n) is 3.97. The van der Waals surface area contributed by atoms with Crippen molar-refractivity contribution in [3.05, 3.63) is 54.6 Å². The summed E-state index contributed by atoms with van der Waals surface area (Å²) in [6.45, 7) is 0.293. The molecular weight excluding hydrogens is 224 g/mol. The summed E-state index contributed by atoms with van der Waals surface area (Å²) in [6, 6.07) is 18.2. The number of carbonyl (C=O) groups excluding carboxylic acids is 1. The summed E-state index contributed by atoms with van der Waals surface area (Å²) in [7, 11) is 1.63. The van der Waals surface area contributed by atoms with Gasteiger partial charge in [-0.2, -0.15) is 0 Å². The Morgan fingerprint density at radius 1 is 0.944 bits per heavy atom. The van der Waals surface area contributed by atoms with Crippen LogP contribution in [0.15, 0.2) is 54.6 Å². The zero-order chi connectivity index (χ0) is 12.8. The van der Waals surface area contributed by atoms with Gasteiger partial charge in [0.1, 0.15) is 0 Å². The minimum atomic E-state index is -0.0258. The second kappa shape index (κ2) is 5.87. The molecular formula is C15H16N2O. The van der Waals surface area contributed by atoms with Gasteiger partial charge in [0, 0.05) is 12.7 Å². The standard InChI is InChI=1S/C15H16N2O/c1-16-15(18)11-17-14-9-7-13(8-10-14)12-5-3-2-4-6-12/h2-10,17H,11H2,1H3,(H,16,18). The third-order valence-corrected chi connectivity index (χ3v) is 2.72. The van der Waals surface area contributed by atoms with Crippen molar-refractivity contribution < 1.29 is 4.79 Å². The maximum atomic E-state index is 11.1. The lowest BCUT2D eigenvalue weighted by atomic mass is 10.1. The fourth-order valence-corrected chi connectivity index (χ4v) is 1.68. The molecule has 0 saturated carbocycles. The van der Waals surface area contributed by atoms with Gasteiger partial charge >= 0.3 is 0 Å². The fraction of sp³-hybridized carbons (Fsp3) is 0.133. The van der Waals surface area contributed by atoms with Gasteiger partial charge in [0.05, 0.1) is 6.54 Å². The van der Waals surface area contributed by atoms with E-state index in [0.717, 1.165) is 5.69 Å². The highest BCUT2D eigenvalue weighted by Crippen LogP contribution is 2.20. The van der Waals surface area contributed by atoms with Crippen LogP contribution in [0.4, 0.5) is 5.69 Å². The zero-order valence-electron chi connectivity index (χ0n) is 10.3. The average molecular weight is 240 g/mol. The Labute approximate surface area is 107 Å². The smallest absolute Gasteiger partial charge is 0.239 e. The quantitative estimate of drug-likeness (QED) is 0.862. The first-order valence-electron chi connectivity index (χ1n) is 5.89. The molecule has 92 valence electrons. The molecule has 0 heterocycles. The third-order valence-electron chi connectivity index (χ3n) is 2.72. The number of hydrogen-bond donors (Lipinski definition) is 2. The Hall–Kier alpha value is -2.29. The topological polar surface area (TPSA) is 41.1 Å². The molecule has 1 amide bonds. The highest BCUT2D eigenvalue weighted by atomic mass is 16.1. The van der Waals surface area contributed by atoms with Crippen molar-refractivity contribution in [3.8, 4) is 11.1 Å². The van der Waals surface area contributed by atoms with Gasteiger partial charge in [-0.15, -0.1) is 0 Å². The van der Waals surface area contributed by atoms with Crippen molar-refractivity contribution >= 4 is 11.6 Å². The molecule has 0 aliphatic carbocycles. The molecule has 0 aliphatic rings. The Morgan fingerprint density at radius 2 is 1.56 bits per heavy atom. The van der Waals surface area contributed by atoms with E-state index in [-0.39, 0.29) is 5.91 Å². The highest BCUT2D eigenvalue weighted by Gasteiger charge is 1.99. The lowest BCUT2D eigenvalue weighted by Crippen LogP contribution is -2.26. The first kappa shape index (κ1) is 12.2. The van der Waals surface area contributed by atoms with Gasteiger partial charge in [-0.25, -0.2) is 0 Å². The molecule has 0 radical (unpaired) electrons. The second-order valence-corrected chi connectivity index (χ2v) is 3.97. The highest BCUT2D eigenvalue weighted by molar-refractivity contribution is 5.80. The number of hydrogen-bond acceptors (Lipinski definition) is 2. The maximum Gasteiger partial charge on any atom is 0.239 e. The summed E-state index contributed by atoms with van der Waals surface area (Å²) in [5.74, 6) is -0.0258. The molecule has 0 saturated heterocycles. The Bertz CT molecular complexity index is 506. The lowest BCUT2D eigenvalue weighted by molar-refractivity contribution is -0.118. The number of nitrogens with one attached hydrogen (secondary N) is 2. The molecule has 0 unspecified atom stereocenters. The minimum absolute atomic E-state index is 0.0258. The Kier molecular flexibility index (Phi) is 3.97. The van der Waals surface area contributed by atoms with Gasteiger partial charge in [-0.05, 0) is 23.3 Å². The molecule has 0 aliphatic heterocycles. The van der Waals surface area contributed by atoms with E-state index in [9.17, 15) is 4.79 Å². The van der Waals surface area contributed by atoms with Crippen LogP contribution in [0.2, 0.25) is 0 Å². The molecule has 2 aromatic carbocycles. The summed E-state index contributed by atoms with van der Waals surface area (Å²) in [5, 5.41) is 5.63. The van der Waals surface area contributed by atoms with Crippen molar-refractivity contribution in [3.63, 3.8) is 0 Å². The van der Waals surface area contributed by atoms with Crippen LogP contribution in [0.25, 0.3) is 11.1 Å². The number of rotatable bonds is 4. The lowest BCUT2D eigenvalue weighted by Gasteiger charge is -2.07. The van der Waals surface area contributed by atoms with E-state index in [1.807, 2.05) is 42.5 Å². The van der Waals surface area contributed by atoms with Crippen LogP contribution in [0.1, 0.15) is 0 Å². The van der Waals surface area contributed by atoms with Gasteiger partial charge in [0.2, 0.25) is 5.91 Å². The third kappa shape index (κ3) is 3.10. The first-order chi connectivity index (χ1) is 8.79. The largest absolute Gasteiger partial charge is 0.376 e. The van der Waals surface area contributed by atoms with Gasteiger partial charge in [-0.3, -0.25) is 4.79 Å². The molecule has 0 atom stereocenters. The molecule has 0 bridgehead atoms. The number of carbonyl (C=O) groups is 1. The van der Waals surface area contributed by atoms with Crippen LogP contribution in [-0.2, 0) is 4.79 Å². The summed E-state index contributed by atoms with van der Waals surface area (Å²) in [5.41, 5.74) is 3.30. The van der Waals surface area contributed by atoms with Crippen molar-refractivity contribution in [2.45, 2.75) is 0 Å². The number of benzene rings is 2. The van der Waals surface area contributed by atoms with Crippen LogP contribution in [0, 0.1) is 0 Å². The zero-order valence-corrected chi connectivity index (χ0v) is 10.3. The molecule has 0 aromatic heterocycles. The normalized spacial score (nSPS) is 9.83. The van der Waals surface area contributed by atoms with Crippen LogP contribution < -0.4 is 10.6 Å². The van der Waals surface area contributed by atoms with Crippen LogP contribution in [0.3, 0.4) is 0 Å². The van der Waals surface area contributed by atoms with Crippen molar-refractivity contribution in [1.82, 2.24) is 5.32 Å². The predicted octanol–water partition coefficient (Wildman–Crippen LogP) is 2.51. The molecule has 0 fully saturated rings. The van der Waals surface area contributed by atoms with Crippen LogP contribution in [-0.4, -0.2) is 19.5 Å². The van der Waals surface area contributed by atoms with E-state index < -0.39 is 0 Å². The van der Waals surface area contributed by atoms with Gasteiger partial charge < -0.3 is 10.6 Å². The van der Waals surface area contributed by atoms with E-state index in [4.69, 9.17) is 0 Å². The molecule has 2 rings (SSSR count). The van der Waals surface area contributed by atoms with E-state index in [2.05, 4.69) is 22.8 Å². The SMILES string of the molecule is CNC(=O)CNc1ccc(-c2ccccc2)cc1. The predicted molar refractivity (Wildman–Crippen MR) is 74.4 cm³/mol. The summed E-state index contributed by atoms with van der Waals surface area (Å²) in [4.78, 5) is 11.1. The van der Waals surface area contributed by atoms with E-state index in [1.54, 1.807) is 7.05 Å². The minimum Gasteiger partial charge on any atom is -0.376 e. The number of anilines is 1. The van der Waals surface area contributed by atoms with E-state index in [1.165, 1.54) is 11.1 Å². The first-order valence-corrected chi connectivity index (χ1v) is 5.89. The molecule has 18 heavy (non-hydrogen) atoms. The van der Waals surface area contributed by atoms with E-state index >= 15 is 0 Å². The maximum absolute atomic E-state index is 11.1. The summed E-state index contributed by atoms with van der Waals surface area (Å²) < 4.78 is 0. The molecule has 3 heteroatoms. The molecule has 0 spiro atoms. The average Bonchev–Trinajstić information content (AvgIpc) is 2.46.